The van der Waals surface area contributed by atoms with E-state index in [0.717, 1.165) is 17.8 Å². The van der Waals surface area contributed by atoms with Crippen molar-refractivity contribution in [3.8, 4) is 0 Å². The number of carbonyl (C=O) groups excluding carboxylic acids is 1. The Bertz CT molecular complexity index is 586. The maximum Gasteiger partial charge on any atom is 0.251 e. The molecule has 1 unspecified atom stereocenters. The molecule has 1 amide bonds. The van der Waals surface area contributed by atoms with Crippen molar-refractivity contribution in [3.05, 3.63) is 54.1 Å². The predicted octanol–water partition coefficient (Wildman–Crippen LogP) is 2.79. The minimum absolute atomic E-state index is 0.0210. The average Bonchev–Trinajstić information content (AvgIpc) is 2.53. The lowest BCUT2D eigenvalue weighted by Crippen LogP contribution is -2.24. The Hall–Kier alpha value is -2.43. The van der Waals surface area contributed by atoms with Gasteiger partial charge in [0.2, 0.25) is 0 Å². The van der Waals surface area contributed by atoms with Gasteiger partial charge in [-0.05, 0) is 31.5 Å². The molecule has 0 radical (unpaired) electrons. The molecule has 0 saturated heterocycles. The smallest absolute Gasteiger partial charge is 0.251 e. The molecule has 21 heavy (non-hydrogen) atoms. The Morgan fingerprint density at radius 3 is 2.90 bits per heavy atom. The molecular formula is C16H20N4O. The largest absolute Gasteiger partial charge is 0.377 e. The standard InChI is InChI=1S/C16H20N4O/c1-3-7-19-16(21)13-5-4-6-14(10-13)20-12(2)15-11-17-8-9-18-15/h4-6,8-12,20H,3,7H2,1-2H3,(H,19,21). The summed E-state index contributed by atoms with van der Waals surface area (Å²) in [6.45, 7) is 4.72. The van der Waals surface area contributed by atoms with Crippen LogP contribution in [0.2, 0.25) is 0 Å². The number of rotatable bonds is 6. The number of hydrogen-bond donors (Lipinski definition) is 2. The molecule has 0 bridgehead atoms. The highest BCUT2D eigenvalue weighted by Gasteiger charge is 2.09. The molecule has 1 aromatic carbocycles. The van der Waals surface area contributed by atoms with Crippen LogP contribution in [0.25, 0.3) is 0 Å². The summed E-state index contributed by atoms with van der Waals surface area (Å²) in [5.41, 5.74) is 2.40. The fourth-order valence-electron chi connectivity index (χ4n) is 1.95. The highest BCUT2D eigenvalue weighted by Crippen LogP contribution is 2.18. The summed E-state index contributed by atoms with van der Waals surface area (Å²) in [5.74, 6) is -0.0485. The van der Waals surface area contributed by atoms with Gasteiger partial charge < -0.3 is 10.6 Å². The van der Waals surface area contributed by atoms with Crippen molar-refractivity contribution in [2.45, 2.75) is 26.3 Å². The van der Waals surface area contributed by atoms with E-state index in [1.54, 1.807) is 18.6 Å². The van der Waals surface area contributed by atoms with Crippen LogP contribution in [-0.2, 0) is 0 Å². The lowest BCUT2D eigenvalue weighted by Gasteiger charge is -2.15. The molecule has 0 aliphatic heterocycles. The van der Waals surface area contributed by atoms with Crippen LogP contribution >= 0.6 is 0 Å². The number of amides is 1. The molecule has 1 heterocycles. The number of anilines is 1. The van der Waals surface area contributed by atoms with Gasteiger partial charge in [0.05, 0.1) is 17.9 Å². The number of nitrogens with one attached hydrogen (secondary N) is 2. The molecule has 0 spiro atoms. The van der Waals surface area contributed by atoms with E-state index >= 15 is 0 Å². The first kappa shape index (κ1) is 15.0. The number of hydrogen-bond acceptors (Lipinski definition) is 4. The van der Waals surface area contributed by atoms with Gasteiger partial charge in [0.15, 0.2) is 0 Å². The number of nitrogens with zero attached hydrogens (tertiary/aromatic N) is 2. The normalized spacial score (nSPS) is 11.7. The highest BCUT2D eigenvalue weighted by molar-refractivity contribution is 5.95. The third-order valence-electron chi connectivity index (χ3n) is 3.07. The van der Waals surface area contributed by atoms with Crippen molar-refractivity contribution >= 4 is 11.6 Å². The van der Waals surface area contributed by atoms with Gasteiger partial charge in [-0.2, -0.15) is 0 Å². The molecule has 1 atom stereocenters. The summed E-state index contributed by atoms with van der Waals surface area (Å²) >= 11 is 0. The van der Waals surface area contributed by atoms with Crippen molar-refractivity contribution in [2.75, 3.05) is 11.9 Å². The molecule has 2 rings (SSSR count). The maximum absolute atomic E-state index is 12.0. The molecule has 0 aliphatic rings. The molecule has 2 N–H and O–H groups in total. The Morgan fingerprint density at radius 1 is 1.33 bits per heavy atom. The maximum atomic E-state index is 12.0. The van der Waals surface area contributed by atoms with Gasteiger partial charge in [0.25, 0.3) is 5.91 Å². The second-order valence-electron chi connectivity index (χ2n) is 4.83. The van der Waals surface area contributed by atoms with Gasteiger partial charge in [-0.1, -0.05) is 13.0 Å². The average molecular weight is 284 g/mol. The van der Waals surface area contributed by atoms with Crippen LogP contribution in [0.3, 0.4) is 0 Å². The van der Waals surface area contributed by atoms with Crippen LogP contribution in [0.4, 0.5) is 5.69 Å². The molecule has 0 saturated carbocycles. The van der Waals surface area contributed by atoms with E-state index in [2.05, 4.69) is 20.6 Å². The fourth-order valence-corrected chi connectivity index (χ4v) is 1.95. The molecule has 2 aromatic rings. The van der Waals surface area contributed by atoms with Crippen molar-refractivity contribution in [1.29, 1.82) is 0 Å². The van der Waals surface area contributed by atoms with E-state index in [-0.39, 0.29) is 11.9 Å². The minimum atomic E-state index is -0.0485. The van der Waals surface area contributed by atoms with Crippen LogP contribution in [-0.4, -0.2) is 22.4 Å². The Labute approximate surface area is 124 Å². The van der Waals surface area contributed by atoms with Gasteiger partial charge in [-0.3, -0.25) is 14.8 Å². The summed E-state index contributed by atoms with van der Waals surface area (Å²) in [4.78, 5) is 20.3. The zero-order chi connectivity index (χ0) is 15.1. The highest BCUT2D eigenvalue weighted by atomic mass is 16.1. The van der Waals surface area contributed by atoms with Crippen LogP contribution in [0.1, 0.15) is 42.4 Å². The van der Waals surface area contributed by atoms with Crippen molar-refractivity contribution < 1.29 is 4.79 Å². The number of carbonyl (C=O) groups is 1. The molecule has 0 fully saturated rings. The monoisotopic (exact) mass is 284 g/mol. The van der Waals surface area contributed by atoms with E-state index < -0.39 is 0 Å². The number of benzene rings is 1. The first-order valence-electron chi connectivity index (χ1n) is 7.11. The fraction of sp³-hybridized carbons (Fsp3) is 0.312. The summed E-state index contributed by atoms with van der Waals surface area (Å²) in [5, 5.41) is 6.20. The second kappa shape index (κ2) is 7.38. The first-order chi connectivity index (χ1) is 10.2. The van der Waals surface area contributed by atoms with Crippen molar-refractivity contribution in [1.82, 2.24) is 15.3 Å². The zero-order valence-corrected chi connectivity index (χ0v) is 12.3. The van der Waals surface area contributed by atoms with E-state index in [4.69, 9.17) is 0 Å². The Kier molecular flexibility index (Phi) is 5.26. The van der Waals surface area contributed by atoms with Crippen LogP contribution in [0.15, 0.2) is 42.9 Å². The third kappa shape index (κ3) is 4.27. The van der Waals surface area contributed by atoms with E-state index in [0.29, 0.717) is 12.1 Å². The summed E-state index contributed by atoms with van der Waals surface area (Å²) < 4.78 is 0. The molecule has 5 nitrogen and oxygen atoms in total. The summed E-state index contributed by atoms with van der Waals surface area (Å²) in [6, 6.07) is 7.48. The van der Waals surface area contributed by atoms with E-state index in [9.17, 15) is 4.79 Å². The Morgan fingerprint density at radius 2 is 2.19 bits per heavy atom. The molecule has 0 aliphatic carbocycles. The van der Waals surface area contributed by atoms with Gasteiger partial charge in [-0.25, -0.2) is 0 Å². The van der Waals surface area contributed by atoms with Crippen LogP contribution < -0.4 is 10.6 Å². The topological polar surface area (TPSA) is 66.9 Å². The predicted molar refractivity (Wildman–Crippen MR) is 83.1 cm³/mol. The van der Waals surface area contributed by atoms with E-state index in [1.165, 1.54) is 0 Å². The van der Waals surface area contributed by atoms with Gasteiger partial charge in [-0.15, -0.1) is 0 Å². The van der Waals surface area contributed by atoms with Crippen molar-refractivity contribution in [3.63, 3.8) is 0 Å². The lowest BCUT2D eigenvalue weighted by molar-refractivity contribution is 0.0953. The Balaban J connectivity index is 2.06. The van der Waals surface area contributed by atoms with Gasteiger partial charge >= 0.3 is 0 Å². The molecule has 110 valence electrons. The molecule has 5 heteroatoms. The minimum Gasteiger partial charge on any atom is -0.377 e. The summed E-state index contributed by atoms with van der Waals surface area (Å²) in [7, 11) is 0. The van der Waals surface area contributed by atoms with Crippen LogP contribution in [0.5, 0.6) is 0 Å². The van der Waals surface area contributed by atoms with Crippen molar-refractivity contribution in [2.24, 2.45) is 0 Å². The SMILES string of the molecule is CCCNC(=O)c1cccc(NC(C)c2cnccn2)c1. The molecular weight excluding hydrogens is 264 g/mol. The molecule has 1 aromatic heterocycles. The first-order valence-corrected chi connectivity index (χ1v) is 7.11. The summed E-state index contributed by atoms with van der Waals surface area (Å²) in [6.07, 6.45) is 5.97. The third-order valence-corrected chi connectivity index (χ3v) is 3.07. The zero-order valence-electron chi connectivity index (χ0n) is 12.3. The van der Waals surface area contributed by atoms with E-state index in [1.807, 2.05) is 38.1 Å². The lowest BCUT2D eigenvalue weighted by atomic mass is 10.1. The van der Waals surface area contributed by atoms with Crippen LogP contribution in [0, 0.1) is 0 Å². The quantitative estimate of drug-likeness (QED) is 0.856. The second-order valence-corrected chi connectivity index (χ2v) is 4.83. The van der Waals surface area contributed by atoms with Gasteiger partial charge in [0.1, 0.15) is 0 Å². The van der Waals surface area contributed by atoms with Gasteiger partial charge in [0, 0.05) is 30.2 Å². The number of aromatic nitrogens is 2.